The van der Waals surface area contributed by atoms with Crippen molar-refractivity contribution in [1.29, 1.82) is 0 Å². The monoisotopic (exact) mass is 278 g/mol. The molecular formula is C15H18O5. The number of aryl methyl sites for hydroxylation is 1. The first kappa shape index (κ1) is 14.4. The van der Waals surface area contributed by atoms with Crippen LogP contribution < -0.4 is 0 Å². The first-order valence-corrected chi connectivity index (χ1v) is 6.37. The van der Waals surface area contributed by atoms with Crippen LogP contribution in [0.25, 0.3) is 6.08 Å². The minimum absolute atomic E-state index is 0.166. The van der Waals surface area contributed by atoms with Gasteiger partial charge in [0.05, 0.1) is 0 Å². The zero-order valence-electron chi connectivity index (χ0n) is 12.3. The van der Waals surface area contributed by atoms with Crippen LogP contribution in [-0.4, -0.2) is 17.7 Å². The summed E-state index contributed by atoms with van der Waals surface area (Å²) >= 11 is 0. The molecule has 0 saturated carbocycles. The predicted octanol–water partition coefficient (Wildman–Crippen LogP) is 2.83. The second-order valence-electron chi connectivity index (χ2n) is 5.98. The highest BCUT2D eigenvalue weighted by Crippen LogP contribution is 2.38. The summed E-state index contributed by atoms with van der Waals surface area (Å²) in [4.78, 5) is 24.1. The second kappa shape index (κ2) is 4.51. The Hall–Kier alpha value is -2.04. The minimum Gasteiger partial charge on any atom is -0.462 e. The van der Waals surface area contributed by atoms with Crippen molar-refractivity contribution in [2.75, 3.05) is 0 Å². The van der Waals surface area contributed by atoms with Crippen molar-refractivity contribution in [3.8, 4) is 0 Å². The Kier molecular flexibility index (Phi) is 3.24. The van der Waals surface area contributed by atoms with E-state index in [1.54, 1.807) is 26.0 Å². The van der Waals surface area contributed by atoms with Gasteiger partial charge < -0.3 is 13.9 Å². The third kappa shape index (κ3) is 2.48. The maximum atomic E-state index is 12.0. The zero-order chi connectivity index (χ0) is 15.1. The molecule has 2 rings (SSSR count). The molecule has 0 spiro atoms. The molecule has 1 fully saturated rings. The Bertz CT molecular complexity index is 566. The van der Waals surface area contributed by atoms with E-state index in [0.717, 1.165) is 0 Å². The summed E-state index contributed by atoms with van der Waals surface area (Å²) in [7, 11) is 0. The van der Waals surface area contributed by atoms with Gasteiger partial charge in [0.2, 0.25) is 0 Å². The van der Waals surface area contributed by atoms with Gasteiger partial charge in [-0.1, -0.05) is 20.8 Å². The number of carbonyl (C=O) groups excluding carboxylic acids is 2. The van der Waals surface area contributed by atoms with Crippen LogP contribution in [0.15, 0.2) is 22.1 Å². The van der Waals surface area contributed by atoms with E-state index in [-0.39, 0.29) is 5.57 Å². The van der Waals surface area contributed by atoms with E-state index >= 15 is 0 Å². The van der Waals surface area contributed by atoms with E-state index < -0.39 is 23.1 Å². The standard InChI is InChI=1S/C15H18O5/c1-9-6-7-10(18-9)8-11-12(16)19-15(5,14(2,3)4)20-13(11)17/h6-8H,1-5H3. The fourth-order valence-electron chi connectivity index (χ4n) is 1.67. The van der Waals surface area contributed by atoms with Gasteiger partial charge in [0.1, 0.15) is 17.1 Å². The molecule has 1 saturated heterocycles. The molecule has 2 heterocycles. The Labute approximate surface area is 117 Å². The van der Waals surface area contributed by atoms with E-state index in [9.17, 15) is 9.59 Å². The number of cyclic esters (lactones) is 2. The topological polar surface area (TPSA) is 65.7 Å². The molecule has 20 heavy (non-hydrogen) atoms. The quantitative estimate of drug-likeness (QED) is 0.449. The Morgan fingerprint density at radius 1 is 1.10 bits per heavy atom. The van der Waals surface area contributed by atoms with Crippen LogP contribution in [0.1, 0.15) is 39.2 Å². The summed E-state index contributed by atoms with van der Waals surface area (Å²) in [6.45, 7) is 8.85. The lowest BCUT2D eigenvalue weighted by Crippen LogP contribution is -2.52. The van der Waals surface area contributed by atoms with Crippen LogP contribution >= 0.6 is 0 Å². The number of furan rings is 1. The Balaban J connectivity index is 2.31. The summed E-state index contributed by atoms with van der Waals surface area (Å²) in [5, 5.41) is 0. The first-order chi connectivity index (χ1) is 9.12. The summed E-state index contributed by atoms with van der Waals surface area (Å²) in [6, 6.07) is 3.41. The normalized spacial score (nSPS) is 23.4. The highest BCUT2D eigenvalue weighted by atomic mass is 16.7. The lowest BCUT2D eigenvalue weighted by Gasteiger charge is -2.42. The Morgan fingerprint density at radius 2 is 1.65 bits per heavy atom. The molecule has 0 bridgehead atoms. The van der Waals surface area contributed by atoms with Crippen molar-refractivity contribution in [2.24, 2.45) is 5.41 Å². The van der Waals surface area contributed by atoms with Crippen LogP contribution in [-0.2, 0) is 19.1 Å². The second-order valence-corrected chi connectivity index (χ2v) is 5.98. The number of ether oxygens (including phenoxy) is 2. The summed E-state index contributed by atoms with van der Waals surface area (Å²) in [5.41, 5.74) is -0.688. The van der Waals surface area contributed by atoms with E-state index in [0.29, 0.717) is 11.5 Å². The summed E-state index contributed by atoms with van der Waals surface area (Å²) in [6.07, 6.45) is 1.33. The number of hydrogen-bond acceptors (Lipinski definition) is 5. The summed E-state index contributed by atoms with van der Waals surface area (Å²) in [5.74, 6) is -1.59. The third-order valence-corrected chi connectivity index (χ3v) is 3.42. The molecule has 0 aromatic carbocycles. The zero-order valence-corrected chi connectivity index (χ0v) is 12.3. The van der Waals surface area contributed by atoms with E-state index in [1.165, 1.54) is 6.08 Å². The van der Waals surface area contributed by atoms with E-state index in [4.69, 9.17) is 13.9 Å². The van der Waals surface area contributed by atoms with Gasteiger partial charge >= 0.3 is 11.9 Å². The van der Waals surface area contributed by atoms with Crippen molar-refractivity contribution in [3.63, 3.8) is 0 Å². The highest BCUT2D eigenvalue weighted by molar-refractivity contribution is 6.18. The molecule has 5 heteroatoms. The van der Waals surface area contributed by atoms with Crippen LogP contribution in [0.5, 0.6) is 0 Å². The number of carbonyl (C=O) groups is 2. The van der Waals surface area contributed by atoms with Crippen molar-refractivity contribution in [3.05, 3.63) is 29.2 Å². The predicted molar refractivity (Wildman–Crippen MR) is 71.5 cm³/mol. The first-order valence-electron chi connectivity index (χ1n) is 6.37. The highest BCUT2D eigenvalue weighted by Gasteiger charge is 2.50. The largest absolute Gasteiger partial charge is 0.462 e. The minimum atomic E-state index is -1.28. The van der Waals surface area contributed by atoms with Crippen LogP contribution in [0.3, 0.4) is 0 Å². The average molecular weight is 278 g/mol. The Morgan fingerprint density at radius 3 is 2.05 bits per heavy atom. The van der Waals surface area contributed by atoms with Crippen LogP contribution in [0.2, 0.25) is 0 Å². The summed E-state index contributed by atoms with van der Waals surface area (Å²) < 4.78 is 15.9. The molecular weight excluding hydrogens is 260 g/mol. The van der Waals surface area contributed by atoms with Gasteiger partial charge in [0.25, 0.3) is 5.79 Å². The fourth-order valence-corrected chi connectivity index (χ4v) is 1.67. The van der Waals surface area contributed by atoms with E-state index in [2.05, 4.69) is 0 Å². The van der Waals surface area contributed by atoms with Crippen molar-refractivity contribution < 1.29 is 23.5 Å². The number of esters is 2. The molecule has 1 aliphatic heterocycles. The molecule has 0 unspecified atom stereocenters. The molecule has 1 aliphatic rings. The average Bonchev–Trinajstić information content (AvgIpc) is 2.68. The van der Waals surface area contributed by atoms with Gasteiger partial charge in [-0.05, 0) is 19.1 Å². The van der Waals surface area contributed by atoms with Gasteiger partial charge in [0, 0.05) is 18.4 Å². The van der Waals surface area contributed by atoms with Gasteiger partial charge in [0.15, 0.2) is 0 Å². The van der Waals surface area contributed by atoms with Crippen molar-refractivity contribution in [2.45, 2.75) is 40.4 Å². The van der Waals surface area contributed by atoms with Crippen molar-refractivity contribution in [1.82, 2.24) is 0 Å². The van der Waals surface area contributed by atoms with Gasteiger partial charge in [-0.15, -0.1) is 0 Å². The maximum absolute atomic E-state index is 12.0. The number of rotatable bonds is 1. The maximum Gasteiger partial charge on any atom is 0.349 e. The molecule has 5 nitrogen and oxygen atoms in total. The lowest BCUT2D eigenvalue weighted by atomic mass is 9.86. The molecule has 0 aliphatic carbocycles. The van der Waals surface area contributed by atoms with Crippen LogP contribution in [0.4, 0.5) is 0 Å². The van der Waals surface area contributed by atoms with Gasteiger partial charge in [-0.2, -0.15) is 0 Å². The smallest absolute Gasteiger partial charge is 0.349 e. The van der Waals surface area contributed by atoms with Gasteiger partial charge in [-0.25, -0.2) is 9.59 Å². The molecule has 0 radical (unpaired) electrons. The lowest BCUT2D eigenvalue weighted by molar-refractivity contribution is -0.261. The SMILES string of the molecule is Cc1ccc(C=C2C(=O)OC(C)(C(C)(C)C)OC2=O)o1. The van der Waals surface area contributed by atoms with Crippen LogP contribution in [0, 0.1) is 12.3 Å². The van der Waals surface area contributed by atoms with E-state index in [1.807, 2.05) is 20.8 Å². The molecule has 1 aromatic rings. The molecule has 108 valence electrons. The van der Waals surface area contributed by atoms with Crippen molar-refractivity contribution >= 4 is 18.0 Å². The third-order valence-electron chi connectivity index (χ3n) is 3.42. The fraction of sp³-hybridized carbons (Fsp3) is 0.467. The number of hydrogen-bond donors (Lipinski definition) is 0. The van der Waals surface area contributed by atoms with Gasteiger partial charge in [-0.3, -0.25) is 0 Å². The molecule has 1 aromatic heterocycles. The molecule has 0 amide bonds. The molecule has 0 N–H and O–H groups in total. The molecule has 0 atom stereocenters.